The molecule has 0 radical (unpaired) electrons. The number of thiophene rings is 2. The summed E-state index contributed by atoms with van der Waals surface area (Å²) >= 11 is 13.0. The number of benzene rings is 2. The standard InChI is InChI=1S/C14H11BrN2O2S.C14H12N2O2S.C2H4Br2.CH4/c1-18-10-4-2-9(3-5-10)7-19-14-13-11(16-8-17-14)6-12(15)20-13;1-17-11-4-2-10(3-5-11)8-18-14-13-12(6-7-19-13)15-9-16-14;3-1-2-4;/h2-6,8H,7H2,1H3;2-7,9H,8H2,1H3;1-2H2;1H4. The molecule has 0 fully saturated rings. The van der Waals surface area contributed by atoms with Crippen molar-refractivity contribution in [3.8, 4) is 23.3 Å². The lowest BCUT2D eigenvalue weighted by Crippen LogP contribution is -1.97. The van der Waals surface area contributed by atoms with Gasteiger partial charge in [0.25, 0.3) is 0 Å². The lowest BCUT2D eigenvalue weighted by atomic mass is 10.2. The summed E-state index contributed by atoms with van der Waals surface area (Å²) in [5.41, 5.74) is 3.95. The van der Waals surface area contributed by atoms with Crippen LogP contribution in [0.25, 0.3) is 20.4 Å². The quantitative estimate of drug-likeness (QED) is 0.133. The van der Waals surface area contributed by atoms with Crippen molar-refractivity contribution in [1.82, 2.24) is 19.9 Å². The normalized spacial score (nSPS) is 10.1. The summed E-state index contributed by atoms with van der Waals surface area (Å²) in [4.78, 5) is 16.8. The summed E-state index contributed by atoms with van der Waals surface area (Å²) in [6.07, 6.45) is 3.04. The molecule has 0 saturated heterocycles. The first-order valence-electron chi connectivity index (χ1n) is 12.8. The highest BCUT2D eigenvalue weighted by atomic mass is 79.9. The summed E-state index contributed by atoms with van der Waals surface area (Å²) in [5, 5.41) is 4.08. The first kappa shape index (κ1) is 35.6. The Morgan fingerprint density at radius 1 is 0.659 bits per heavy atom. The molecule has 13 heteroatoms. The summed E-state index contributed by atoms with van der Waals surface area (Å²) in [6, 6.07) is 19.5. The van der Waals surface area contributed by atoms with Crippen molar-refractivity contribution >= 4 is 90.9 Å². The number of nitrogens with zero attached hydrogens (tertiary/aromatic N) is 4. The number of halogens is 3. The predicted octanol–water partition coefficient (Wildman–Crippen LogP) is 9.73. The van der Waals surface area contributed by atoms with Gasteiger partial charge in [-0.3, -0.25) is 0 Å². The minimum Gasteiger partial charge on any atom is -0.497 e. The zero-order valence-corrected chi connectivity index (χ0v) is 29.6. The van der Waals surface area contributed by atoms with E-state index in [2.05, 4.69) is 67.7 Å². The SMILES string of the molecule is BrCCBr.C.COc1ccc(COc2ncnc3cc(Br)sc23)cc1.COc1ccc(COc2ncnc3ccsc23)cc1. The van der Waals surface area contributed by atoms with E-state index in [1.54, 1.807) is 36.9 Å². The van der Waals surface area contributed by atoms with Crippen LogP contribution in [-0.4, -0.2) is 44.8 Å². The second-order valence-electron chi connectivity index (χ2n) is 8.41. The second-order valence-corrected chi connectivity index (χ2v) is 13.3. The number of rotatable bonds is 9. The molecule has 0 unspecified atom stereocenters. The number of fused-ring (bicyclic) bond motifs is 2. The molecule has 0 aliphatic heterocycles. The van der Waals surface area contributed by atoms with Gasteiger partial charge in [-0.15, -0.1) is 22.7 Å². The molecule has 232 valence electrons. The van der Waals surface area contributed by atoms with Gasteiger partial charge in [-0.25, -0.2) is 19.9 Å². The van der Waals surface area contributed by atoms with Crippen molar-refractivity contribution < 1.29 is 18.9 Å². The fourth-order valence-electron chi connectivity index (χ4n) is 3.52. The number of ether oxygens (including phenoxy) is 4. The van der Waals surface area contributed by atoms with E-state index in [1.165, 1.54) is 12.7 Å². The Morgan fingerprint density at radius 3 is 1.66 bits per heavy atom. The van der Waals surface area contributed by atoms with Gasteiger partial charge in [0, 0.05) is 10.7 Å². The highest BCUT2D eigenvalue weighted by Crippen LogP contribution is 2.34. The summed E-state index contributed by atoms with van der Waals surface area (Å²) in [5.74, 6) is 2.92. The Bertz CT molecular complexity index is 1700. The Balaban J connectivity index is 0.000000211. The van der Waals surface area contributed by atoms with Crippen molar-refractivity contribution in [2.45, 2.75) is 20.6 Å². The second kappa shape index (κ2) is 18.8. The molecular weight excluding hydrogens is 796 g/mol. The maximum absolute atomic E-state index is 5.79. The van der Waals surface area contributed by atoms with E-state index in [0.29, 0.717) is 25.0 Å². The molecule has 0 aliphatic rings. The highest BCUT2D eigenvalue weighted by molar-refractivity contribution is 9.12. The van der Waals surface area contributed by atoms with Crippen LogP contribution in [-0.2, 0) is 13.2 Å². The van der Waals surface area contributed by atoms with E-state index in [-0.39, 0.29) is 7.43 Å². The zero-order valence-electron chi connectivity index (χ0n) is 23.2. The predicted molar refractivity (Wildman–Crippen MR) is 192 cm³/mol. The third-order valence-corrected chi connectivity index (χ3v) is 9.96. The molecule has 8 nitrogen and oxygen atoms in total. The Hall–Kier alpha value is -2.84. The molecule has 0 spiro atoms. The number of aromatic nitrogens is 4. The van der Waals surface area contributed by atoms with E-state index < -0.39 is 0 Å². The van der Waals surface area contributed by atoms with Crippen molar-refractivity contribution in [1.29, 1.82) is 0 Å². The van der Waals surface area contributed by atoms with Gasteiger partial charge in [-0.05, 0) is 68.8 Å². The van der Waals surface area contributed by atoms with E-state index in [4.69, 9.17) is 18.9 Å². The average Bonchev–Trinajstić information content (AvgIpc) is 3.70. The van der Waals surface area contributed by atoms with Crippen LogP contribution in [0.2, 0.25) is 0 Å². The number of hydrogen-bond donors (Lipinski definition) is 0. The topological polar surface area (TPSA) is 88.5 Å². The molecule has 0 amide bonds. The molecule has 4 aromatic heterocycles. The molecule has 44 heavy (non-hydrogen) atoms. The van der Waals surface area contributed by atoms with Crippen LogP contribution in [0.3, 0.4) is 0 Å². The molecule has 0 saturated carbocycles. The summed E-state index contributed by atoms with van der Waals surface area (Å²) in [6.45, 7) is 0.944. The van der Waals surface area contributed by atoms with Crippen LogP contribution < -0.4 is 18.9 Å². The smallest absolute Gasteiger partial charge is 0.235 e. The van der Waals surface area contributed by atoms with Gasteiger partial charge in [-0.2, -0.15) is 0 Å². The average molecular weight is 827 g/mol. The first-order valence-corrected chi connectivity index (χ1v) is 17.5. The van der Waals surface area contributed by atoms with Gasteiger partial charge in [0.15, 0.2) is 0 Å². The van der Waals surface area contributed by atoms with E-state index in [1.807, 2.05) is 66.0 Å². The molecule has 6 aromatic rings. The zero-order chi connectivity index (χ0) is 30.4. The van der Waals surface area contributed by atoms with Crippen LogP contribution in [0, 0.1) is 0 Å². The minimum atomic E-state index is 0. The van der Waals surface area contributed by atoms with Gasteiger partial charge in [0.1, 0.15) is 46.8 Å². The summed E-state index contributed by atoms with van der Waals surface area (Å²) < 4.78 is 24.7. The van der Waals surface area contributed by atoms with Crippen LogP contribution in [0.1, 0.15) is 18.6 Å². The van der Waals surface area contributed by atoms with Crippen LogP contribution in [0.4, 0.5) is 0 Å². The number of hydrogen-bond acceptors (Lipinski definition) is 10. The Labute approximate surface area is 290 Å². The van der Waals surface area contributed by atoms with Crippen LogP contribution in [0.15, 0.2) is 82.5 Å². The maximum Gasteiger partial charge on any atom is 0.235 e. The fraction of sp³-hybridized carbons (Fsp3) is 0.226. The van der Waals surface area contributed by atoms with Gasteiger partial charge in [0.05, 0.1) is 29.0 Å². The van der Waals surface area contributed by atoms with Crippen molar-refractivity contribution in [3.05, 3.63) is 93.6 Å². The largest absolute Gasteiger partial charge is 0.497 e. The first-order chi connectivity index (χ1) is 21.0. The monoisotopic (exact) mass is 824 g/mol. The Kier molecular flexibility index (Phi) is 15.3. The number of methoxy groups -OCH3 is 2. The van der Waals surface area contributed by atoms with Crippen LogP contribution in [0.5, 0.6) is 23.3 Å². The van der Waals surface area contributed by atoms with Crippen molar-refractivity contribution in [2.75, 3.05) is 24.9 Å². The minimum absolute atomic E-state index is 0. The molecule has 0 N–H and O–H groups in total. The van der Waals surface area contributed by atoms with E-state index in [0.717, 1.165) is 57.5 Å². The molecule has 0 atom stereocenters. The van der Waals surface area contributed by atoms with E-state index in [9.17, 15) is 0 Å². The molecular formula is C31H31Br3N4O4S2. The van der Waals surface area contributed by atoms with Gasteiger partial charge in [-0.1, -0.05) is 63.6 Å². The number of alkyl halides is 2. The maximum atomic E-state index is 5.79. The van der Waals surface area contributed by atoms with Gasteiger partial charge < -0.3 is 18.9 Å². The lowest BCUT2D eigenvalue weighted by Gasteiger charge is -2.06. The molecule has 2 aromatic carbocycles. The van der Waals surface area contributed by atoms with Gasteiger partial charge in [0.2, 0.25) is 11.8 Å². The van der Waals surface area contributed by atoms with E-state index >= 15 is 0 Å². The third kappa shape index (κ3) is 10.4. The molecule has 0 aliphatic carbocycles. The molecule has 0 bridgehead atoms. The fourth-order valence-corrected chi connectivity index (χ4v) is 5.79. The summed E-state index contributed by atoms with van der Waals surface area (Å²) in [7, 11) is 3.30. The van der Waals surface area contributed by atoms with Crippen molar-refractivity contribution in [3.63, 3.8) is 0 Å². The third-order valence-electron chi connectivity index (χ3n) is 5.60. The van der Waals surface area contributed by atoms with Gasteiger partial charge >= 0.3 is 0 Å². The molecule has 4 heterocycles. The Morgan fingerprint density at radius 2 is 1.16 bits per heavy atom. The van der Waals surface area contributed by atoms with Crippen molar-refractivity contribution in [2.24, 2.45) is 0 Å². The highest BCUT2D eigenvalue weighted by Gasteiger charge is 2.09. The lowest BCUT2D eigenvalue weighted by molar-refractivity contribution is 0.298. The van der Waals surface area contributed by atoms with Crippen LogP contribution >= 0.6 is 70.5 Å². The molecule has 6 rings (SSSR count).